The van der Waals surface area contributed by atoms with Crippen LogP contribution < -0.4 is 9.64 Å². The monoisotopic (exact) mass is 426 g/mol. The average molecular weight is 426 g/mol. The number of hydrogen-bond donors (Lipinski definition) is 1. The zero-order valence-electron chi connectivity index (χ0n) is 16.9. The second kappa shape index (κ2) is 9.75. The van der Waals surface area contributed by atoms with Crippen molar-refractivity contribution in [2.24, 2.45) is 0 Å². The first-order valence-corrected chi connectivity index (χ1v) is 9.60. The molecule has 2 amide bonds. The zero-order valence-corrected chi connectivity index (χ0v) is 16.9. The number of nitrogens with zero attached hydrogens (tertiary/aromatic N) is 2. The molecular weight excluding hydrogens is 404 g/mol. The van der Waals surface area contributed by atoms with Crippen molar-refractivity contribution in [1.82, 2.24) is 4.90 Å². The van der Waals surface area contributed by atoms with Crippen LogP contribution in [0.15, 0.2) is 48.5 Å². The Hall–Kier alpha value is -3.88. The first kappa shape index (κ1) is 21.8. The molecule has 0 spiro atoms. The van der Waals surface area contributed by atoms with E-state index in [9.17, 15) is 19.2 Å². The van der Waals surface area contributed by atoms with Gasteiger partial charge in [-0.15, -0.1) is 0 Å². The molecule has 162 valence electrons. The minimum Gasteiger partial charge on any atom is -0.490 e. The van der Waals surface area contributed by atoms with Gasteiger partial charge in [-0.25, -0.2) is 0 Å². The van der Waals surface area contributed by atoms with E-state index in [4.69, 9.17) is 14.6 Å². The molecule has 2 aromatic carbocycles. The average Bonchev–Trinajstić information content (AvgIpc) is 2.87. The van der Waals surface area contributed by atoms with Crippen LogP contribution in [0, 0.1) is 0 Å². The number of carbonyl (C=O) groups is 4. The number of rotatable bonds is 7. The van der Waals surface area contributed by atoms with E-state index in [1.807, 2.05) is 0 Å². The Morgan fingerprint density at radius 2 is 1.71 bits per heavy atom. The summed E-state index contributed by atoms with van der Waals surface area (Å²) in [7, 11) is 0. The van der Waals surface area contributed by atoms with Gasteiger partial charge >= 0.3 is 11.9 Å². The molecule has 0 aromatic heterocycles. The van der Waals surface area contributed by atoms with Crippen molar-refractivity contribution in [3.63, 3.8) is 0 Å². The molecule has 2 aromatic rings. The molecule has 0 saturated carbocycles. The van der Waals surface area contributed by atoms with Crippen molar-refractivity contribution in [2.75, 3.05) is 31.2 Å². The molecule has 0 saturated heterocycles. The number of hydrogen-bond acceptors (Lipinski definition) is 6. The maximum atomic E-state index is 13.2. The molecule has 1 N–H and O–H groups in total. The van der Waals surface area contributed by atoms with Gasteiger partial charge < -0.3 is 19.5 Å². The first-order valence-electron chi connectivity index (χ1n) is 9.60. The predicted octanol–water partition coefficient (Wildman–Crippen LogP) is 1.70. The fraction of sp³-hybridized carbons (Fsp3) is 0.273. The van der Waals surface area contributed by atoms with E-state index >= 15 is 0 Å². The van der Waals surface area contributed by atoms with Crippen LogP contribution in [0.2, 0.25) is 0 Å². The van der Waals surface area contributed by atoms with E-state index in [0.717, 1.165) is 0 Å². The number of esters is 1. The molecule has 1 heterocycles. The van der Waals surface area contributed by atoms with Crippen LogP contribution in [-0.4, -0.2) is 60.1 Å². The zero-order chi connectivity index (χ0) is 22.4. The van der Waals surface area contributed by atoms with Crippen molar-refractivity contribution >= 4 is 29.4 Å². The lowest BCUT2D eigenvalue weighted by molar-refractivity contribution is -0.144. The van der Waals surface area contributed by atoms with Gasteiger partial charge in [0, 0.05) is 24.7 Å². The van der Waals surface area contributed by atoms with Crippen LogP contribution in [0.3, 0.4) is 0 Å². The van der Waals surface area contributed by atoms with Gasteiger partial charge in [0.2, 0.25) is 5.91 Å². The summed E-state index contributed by atoms with van der Waals surface area (Å²) in [5.41, 5.74) is 1.60. The molecule has 1 aliphatic rings. The van der Waals surface area contributed by atoms with Crippen LogP contribution in [0.5, 0.6) is 5.75 Å². The highest BCUT2D eigenvalue weighted by atomic mass is 16.6. The first-order chi connectivity index (χ1) is 14.8. The third-order valence-electron chi connectivity index (χ3n) is 4.62. The van der Waals surface area contributed by atoms with Gasteiger partial charge in [0.1, 0.15) is 32.1 Å². The van der Waals surface area contributed by atoms with Crippen molar-refractivity contribution in [3.8, 4) is 5.75 Å². The second-order valence-corrected chi connectivity index (χ2v) is 6.88. The van der Waals surface area contributed by atoms with Crippen LogP contribution in [-0.2, 0) is 25.7 Å². The maximum absolute atomic E-state index is 13.2. The Morgan fingerprint density at radius 1 is 1.00 bits per heavy atom. The SMILES string of the molecule is CC(=O)OCCOc1ccc(C(=O)N2CC(=O)N(CC(=O)O)Cc3ccccc32)cc1. The second-order valence-electron chi connectivity index (χ2n) is 6.88. The molecule has 0 aliphatic carbocycles. The number of ether oxygens (including phenoxy) is 2. The molecule has 0 unspecified atom stereocenters. The van der Waals surface area contributed by atoms with E-state index in [2.05, 4.69) is 0 Å². The van der Waals surface area contributed by atoms with Gasteiger partial charge in [0.05, 0.1) is 0 Å². The van der Waals surface area contributed by atoms with Crippen molar-refractivity contribution < 1.29 is 33.8 Å². The Kier molecular flexibility index (Phi) is 6.86. The molecule has 0 atom stereocenters. The molecule has 31 heavy (non-hydrogen) atoms. The fourth-order valence-corrected chi connectivity index (χ4v) is 3.21. The van der Waals surface area contributed by atoms with E-state index in [-0.39, 0.29) is 32.2 Å². The molecule has 0 fully saturated rings. The van der Waals surface area contributed by atoms with Gasteiger partial charge in [0.15, 0.2) is 0 Å². The van der Waals surface area contributed by atoms with Crippen molar-refractivity contribution in [2.45, 2.75) is 13.5 Å². The van der Waals surface area contributed by atoms with E-state index < -0.39 is 24.4 Å². The molecule has 3 rings (SSSR count). The summed E-state index contributed by atoms with van der Waals surface area (Å²) in [6.45, 7) is 1.03. The molecule has 0 bridgehead atoms. The largest absolute Gasteiger partial charge is 0.490 e. The number of fused-ring (bicyclic) bond motifs is 1. The normalized spacial score (nSPS) is 13.3. The number of benzene rings is 2. The van der Waals surface area contributed by atoms with Gasteiger partial charge in [-0.2, -0.15) is 0 Å². The fourth-order valence-electron chi connectivity index (χ4n) is 3.21. The van der Waals surface area contributed by atoms with Crippen LogP contribution in [0.25, 0.3) is 0 Å². The maximum Gasteiger partial charge on any atom is 0.323 e. The molecular formula is C22H22N2O7. The summed E-state index contributed by atoms with van der Waals surface area (Å²) in [5.74, 6) is -1.83. The smallest absolute Gasteiger partial charge is 0.323 e. The molecule has 1 aliphatic heterocycles. The van der Waals surface area contributed by atoms with E-state index in [1.165, 1.54) is 16.7 Å². The number of carboxylic acid groups (broad SMARTS) is 1. The quantitative estimate of drug-likeness (QED) is 0.530. The summed E-state index contributed by atoms with van der Waals surface area (Å²) in [4.78, 5) is 50.3. The van der Waals surface area contributed by atoms with Crippen molar-refractivity contribution in [3.05, 3.63) is 59.7 Å². The number of amides is 2. The number of aliphatic carboxylic acids is 1. The van der Waals surface area contributed by atoms with Gasteiger partial charge in [0.25, 0.3) is 5.91 Å². The predicted molar refractivity (Wildman–Crippen MR) is 110 cm³/mol. The Morgan fingerprint density at radius 3 is 2.39 bits per heavy atom. The highest BCUT2D eigenvalue weighted by Crippen LogP contribution is 2.27. The molecule has 9 nitrogen and oxygen atoms in total. The minimum absolute atomic E-state index is 0.111. The van der Waals surface area contributed by atoms with Crippen LogP contribution >= 0.6 is 0 Å². The highest BCUT2D eigenvalue weighted by molar-refractivity contribution is 6.09. The lowest BCUT2D eigenvalue weighted by atomic mass is 10.1. The third-order valence-corrected chi connectivity index (χ3v) is 4.62. The van der Waals surface area contributed by atoms with Crippen molar-refractivity contribution in [1.29, 1.82) is 0 Å². The summed E-state index contributed by atoms with van der Waals surface area (Å²) < 4.78 is 10.3. The van der Waals surface area contributed by atoms with Gasteiger partial charge in [-0.1, -0.05) is 18.2 Å². The number of carboxylic acids is 1. The Bertz CT molecular complexity index is 988. The summed E-state index contributed by atoms with van der Waals surface area (Å²) in [6.07, 6.45) is 0. The topological polar surface area (TPSA) is 113 Å². The summed E-state index contributed by atoms with van der Waals surface area (Å²) in [5, 5.41) is 9.10. The molecule has 0 radical (unpaired) electrons. The highest BCUT2D eigenvalue weighted by Gasteiger charge is 2.30. The minimum atomic E-state index is -1.12. The van der Waals surface area contributed by atoms with Gasteiger partial charge in [-0.3, -0.25) is 24.1 Å². The van der Waals surface area contributed by atoms with Crippen LogP contribution in [0.4, 0.5) is 5.69 Å². The van der Waals surface area contributed by atoms with Gasteiger partial charge in [-0.05, 0) is 35.9 Å². The lowest BCUT2D eigenvalue weighted by Crippen LogP contribution is -2.41. The number of para-hydroxylation sites is 1. The Balaban J connectivity index is 1.76. The Labute approximate surface area is 178 Å². The third kappa shape index (κ3) is 5.59. The summed E-state index contributed by atoms with van der Waals surface area (Å²) in [6, 6.07) is 13.4. The number of anilines is 1. The van der Waals surface area contributed by atoms with Crippen LogP contribution in [0.1, 0.15) is 22.8 Å². The van der Waals surface area contributed by atoms with E-state index in [0.29, 0.717) is 22.6 Å². The summed E-state index contributed by atoms with van der Waals surface area (Å²) >= 11 is 0. The number of carbonyl (C=O) groups excluding carboxylic acids is 3. The standard InChI is InChI=1S/C22H22N2O7/c1-15(25)30-10-11-31-18-8-6-16(7-9-18)22(29)24-13-20(26)23(14-21(27)28)12-17-4-2-3-5-19(17)24/h2-9H,10-14H2,1H3,(H,27,28). The van der Waals surface area contributed by atoms with E-state index in [1.54, 1.807) is 48.5 Å². The lowest BCUT2D eigenvalue weighted by Gasteiger charge is -2.22. The molecule has 9 heteroatoms.